The SMILES string of the molecule is CC(C)(C)c1cc(C(=O)O)c2c(N)c(C(=O)O)sc2n1. The first-order chi connectivity index (χ1) is 9.12. The lowest BCUT2D eigenvalue weighted by atomic mass is 9.90. The standard InChI is InChI=1S/C13H14N2O4S/c1-13(2,3)6-4-5(11(16)17)7-8(14)9(12(18)19)20-10(7)15-6/h4H,14H2,1-3H3,(H,16,17)(H,18,19). The van der Waals surface area contributed by atoms with E-state index >= 15 is 0 Å². The van der Waals surface area contributed by atoms with Crippen molar-refractivity contribution >= 4 is 39.2 Å². The molecule has 0 spiro atoms. The van der Waals surface area contributed by atoms with Crippen LogP contribution in [-0.4, -0.2) is 27.1 Å². The van der Waals surface area contributed by atoms with Gasteiger partial charge in [0.25, 0.3) is 0 Å². The Balaban J connectivity index is 2.90. The minimum atomic E-state index is -1.18. The normalized spacial score (nSPS) is 11.8. The number of aromatic nitrogens is 1. The molecule has 0 bridgehead atoms. The quantitative estimate of drug-likeness (QED) is 0.784. The van der Waals surface area contributed by atoms with Crippen LogP contribution in [0.15, 0.2) is 6.07 Å². The Morgan fingerprint density at radius 1 is 1.25 bits per heavy atom. The lowest BCUT2D eigenvalue weighted by molar-refractivity contribution is 0.0688. The average Bonchev–Trinajstić information content (AvgIpc) is 2.64. The summed E-state index contributed by atoms with van der Waals surface area (Å²) in [5.41, 5.74) is 5.95. The van der Waals surface area contributed by atoms with Gasteiger partial charge in [0.15, 0.2) is 0 Å². The Morgan fingerprint density at radius 3 is 2.30 bits per heavy atom. The summed E-state index contributed by atoms with van der Waals surface area (Å²) in [7, 11) is 0. The number of carbonyl (C=O) groups is 2. The number of pyridine rings is 1. The molecule has 0 aliphatic carbocycles. The van der Waals surface area contributed by atoms with E-state index in [9.17, 15) is 14.7 Å². The number of rotatable bonds is 2. The summed E-state index contributed by atoms with van der Waals surface area (Å²) in [5.74, 6) is -2.33. The van der Waals surface area contributed by atoms with Gasteiger partial charge in [0, 0.05) is 16.5 Å². The molecular formula is C13H14N2O4S. The second-order valence-corrected chi connectivity index (χ2v) is 6.44. The van der Waals surface area contributed by atoms with Crippen molar-refractivity contribution in [2.75, 3.05) is 5.73 Å². The Bertz CT molecular complexity index is 728. The highest BCUT2D eigenvalue weighted by atomic mass is 32.1. The van der Waals surface area contributed by atoms with Crippen molar-refractivity contribution in [1.29, 1.82) is 0 Å². The highest BCUT2D eigenvalue weighted by Gasteiger charge is 2.25. The van der Waals surface area contributed by atoms with Crippen molar-refractivity contribution in [1.82, 2.24) is 4.98 Å². The first-order valence-corrected chi connectivity index (χ1v) is 6.64. The van der Waals surface area contributed by atoms with E-state index < -0.39 is 11.9 Å². The van der Waals surface area contributed by atoms with Gasteiger partial charge in [0.1, 0.15) is 9.71 Å². The van der Waals surface area contributed by atoms with Crippen LogP contribution in [0.5, 0.6) is 0 Å². The second-order valence-electron chi connectivity index (χ2n) is 5.44. The number of nitrogens with zero attached hydrogens (tertiary/aromatic N) is 1. The van der Waals surface area contributed by atoms with Crippen LogP contribution in [0, 0.1) is 0 Å². The minimum Gasteiger partial charge on any atom is -0.478 e. The maximum absolute atomic E-state index is 11.4. The van der Waals surface area contributed by atoms with Crippen LogP contribution in [0.3, 0.4) is 0 Å². The Hall–Kier alpha value is -2.15. The van der Waals surface area contributed by atoms with Crippen LogP contribution >= 0.6 is 11.3 Å². The summed E-state index contributed by atoms with van der Waals surface area (Å²) in [5, 5.41) is 18.6. The number of nitrogen functional groups attached to an aromatic ring is 1. The molecular weight excluding hydrogens is 280 g/mol. The number of aromatic carboxylic acids is 2. The minimum absolute atomic E-state index is 0.0128. The fourth-order valence-corrected chi connectivity index (χ4v) is 2.79. The lowest BCUT2D eigenvalue weighted by Crippen LogP contribution is -2.15. The average molecular weight is 294 g/mol. The molecule has 4 N–H and O–H groups in total. The number of hydrogen-bond donors (Lipinski definition) is 3. The van der Waals surface area contributed by atoms with Crippen LogP contribution in [0.1, 0.15) is 46.5 Å². The number of hydrogen-bond acceptors (Lipinski definition) is 5. The fourth-order valence-electron chi connectivity index (χ4n) is 1.83. The van der Waals surface area contributed by atoms with Crippen molar-refractivity contribution in [3.8, 4) is 0 Å². The van der Waals surface area contributed by atoms with Crippen LogP contribution < -0.4 is 5.73 Å². The molecule has 0 aromatic carbocycles. The first kappa shape index (κ1) is 14.3. The molecule has 2 aromatic heterocycles. The Kier molecular flexibility index (Phi) is 3.17. The maximum Gasteiger partial charge on any atom is 0.348 e. The van der Waals surface area contributed by atoms with Crippen molar-refractivity contribution in [3.05, 3.63) is 22.2 Å². The van der Waals surface area contributed by atoms with Crippen molar-refractivity contribution < 1.29 is 19.8 Å². The zero-order chi connectivity index (χ0) is 15.2. The lowest BCUT2D eigenvalue weighted by Gasteiger charge is -2.18. The van der Waals surface area contributed by atoms with E-state index in [1.807, 2.05) is 20.8 Å². The van der Waals surface area contributed by atoms with Gasteiger partial charge in [-0.15, -0.1) is 11.3 Å². The number of fused-ring (bicyclic) bond motifs is 1. The van der Waals surface area contributed by atoms with Gasteiger partial charge in [-0.05, 0) is 6.07 Å². The molecule has 20 heavy (non-hydrogen) atoms. The van der Waals surface area contributed by atoms with E-state index in [0.29, 0.717) is 10.5 Å². The third kappa shape index (κ3) is 2.20. The highest BCUT2D eigenvalue weighted by molar-refractivity contribution is 7.21. The van der Waals surface area contributed by atoms with Gasteiger partial charge in [0.2, 0.25) is 0 Å². The molecule has 0 fully saturated rings. The van der Waals surface area contributed by atoms with E-state index in [2.05, 4.69) is 4.98 Å². The van der Waals surface area contributed by atoms with Gasteiger partial charge in [-0.25, -0.2) is 14.6 Å². The molecule has 2 rings (SSSR count). The zero-order valence-corrected chi connectivity index (χ0v) is 12.0. The van der Waals surface area contributed by atoms with Gasteiger partial charge in [-0.3, -0.25) is 0 Å². The molecule has 0 unspecified atom stereocenters. The predicted octanol–water partition coefficient (Wildman–Crippen LogP) is 2.57. The van der Waals surface area contributed by atoms with E-state index in [1.165, 1.54) is 6.07 Å². The smallest absolute Gasteiger partial charge is 0.348 e. The fraction of sp³-hybridized carbons (Fsp3) is 0.308. The number of anilines is 1. The molecule has 6 nitrogen and oxygen atoms in total. The second kappa shape index (κ2) is 4.45. The van der Waals surface area contributed by atoms with E-state index in [4.69, 9.17) is 10.8 Å². The van der Waals surface area contributed by atoms with E-state index in [0.717, 1.165) is 11.3 Å². The first-order valence-electron chi connectivity index (χ1n) is 5.83. The molecule has 7 heteroatoms. The van der Waals surface area contributed by atoms with Crippen LogP contribution in [0.2, 0.25) is 0 Å². The molecule has 0 saturated heterocycles. The summed E-state index contributed by atoms with van der Waals surface area (Å²) in [4.78, 5) is 27.1. The molecule has 0 saturated carbocycles. The van der Waals surface area contributed by atoms with Gasteiger partial charge >= 0.3 is 11.9 Å². The topological polar surface area (TPSA) is 114 Å². The third-order valence-corrected chi connectivity index (χ3v) is 3.98. The van der Waals surface area contributed by atoms with Gasteiger partial charge < -0.3 is 15.9 Å². The van der Waals surface area contributed by atoms with Crippen molar-refractivity contribution in [2.45, 2.75) is 26.2 Å². The molecule has 0 atom stereocenters. The zero-order valence-electron chi connectivity index (χ0n) is 11.2. The molecule has 0 aliphatic heterocycles. The third-order valence-electron chi connectivity index (χ3n) is 2.89. The van der Waals surface area contributed by atoms with Crippen LogP contribution in [0.4, 0.5) is 5.69 Å². The largest absolute Gasteiger partial charge is 0.478 e. The molecule has 0 aliphatic rings. The molecule has 106 valence electrons. The number of carboxylic acids is 2. The van der Waals surface area contributed by atoms with Crippen LogP contribution in [-0.2, 0) is 5.41 Å². The predicted molar refractivity (Wildman–Crippen MR) is 76.7 cm³/mol. The molecule has 2 heterocycles. The van der Waals surface area contributed by atoms with E-state index in [-0.39, 0.29) is 26.9 Å². The monoisotopic (exact) mass is 294 g/mol. The van der Waals surface area contributed by atoms with Gasteiger partial charge in [-0.1, -0.05) is 20.8 Å². The summed E-state index contributed by atoms with van der Waals surface area (Å²) >= 11 is 0.895. The summed E-state index contributed by atoms with van der Waals surface area (Å²) in [6, 6.07) is 1.46. The number of thiophene rings is 1. The highest BCUT2D eigenvalue weighted by Crippen LogP contribution is 2.37. The Morgan fingerprint density at radius 2 is 1.85 bits per heavy atom. The number of nitrogens with two attached hydrogens (primary N) is 1. The molecule has 2 aromatic rings. The maximum atomic E-state index is 11.4. The van der Waals surface area contributed by atoms with Gasteiger partial charge in [-0.2, -0.15) is 0 Å². The van der Waals surface area contributed by atoms with E-state index in [1.54, 1.807) is 0 Å². The number of carboxylic acid groups (broad SMARTS) is 2. The van der Waals surface area contributed by atoms with Crippen molar-refractivity contribution in [3.63, 3.8) is 0 Å². The molecule has 0 radical (unpaired) electrons. The molecule has 0 amide bonds. The summed E-state index contributed by atoms with van der Waals surface area (Å²) < 4.78 is 0. The van der Waals surface area contributed by atoms with Gasteiger partial charge in [0.05, 0.1) is 11.3 Å². The van der Waals surface area contributed by atoms with Crippen molar-refractivity contribution in [2.24, 2.45) is 0 Å². The summed E-state index contributed by atoms with van der Waals surface area (Å²) in [6.45, 7) is 5.71. The van der Waals surface area contributed by atoms with Crippen LogP contribution in [0.25, 0.3) is 10.2 Å². The Labute approximate surface area is 118 Å². The summed E-state index contributed by atoms with van der Waals surface area (Å²) in [6.07, 6.45) is 0.